The quantitative estimate of drug-likeness (QED) is 0.135. The monoisotopic (exact) mass is 396 g/mol. The highest BCUT2D eigenvalue weighted by atomic mass is 16.5. The molecule has 0 aliphatic rings. The largest absolute Gasteiger partial charge is 0.462 e. The topological polar surface area (TPSA) is 26.3 Å². The van der Waals surface area contributed by atoms with E-state index in [2.05, 4.69) is 20.8 Å². The van der Waals surface area contributed by atoms with Crippen LogP contribution in [0.25, 0.3) is 0 Å². The van der Waals surface area contributed by atoms with E-state index in [-0.39, 0.29) is 12.1 Å². The number of carbonyl (C=O) groups excluding carboxylic acids is 1. The summed E-state index contributed by atoms with van der Waals surface area (Å²) in [7, 11) is 0. The first-order chi connectivity index (χ1) is 13.7. The molecule has 28 heavy (non-hydrogen) atoms. The van der Waals surface area contributed by atoms with Crippen molar-refractivity contribution in [3.05, 3.63) is 0 Å². The molecule has 0 N–H and O–H groups in total. The molecule has 2 nitrogen and oxygen atoms in total. The van der Waals surface area contributed by atoms with Gasteiger partial charge in [0, 0.05) is 6.42 Å². The van der Waals surface area contributed by atoms with Gasteiger partial charge in [-0.3, -0.25) is 4.79 Å². The molecule has 2 heteroatoms. The summed E-state index contributed by atoms with van der Waals surface area (Å²) < 4.78 is 5.89. The zero-order chi connectivity index (χ0) is 20.7. The molecule has 0 fully saturated rings. The molecule has 0 aromatic heterocycles. The standard InChI is InChI=1S/C26H52O2/c1-4-7-10-13-16-19-22-25(23-20-17-14-11-8-5-2)28-26(27)24-21-18-15-12-9-6-3/h25H,4-24H2,1-3H3. The van der Waals surface area contributed by atoms with Crippen LogP contribution in [0.2, 0.25) is 0 Å². The predicted molar refractivity (Wildman–Crippen MR) is 124 cm³/mol. The maximum atomic E-state index is 12.3. The summed E-state index contributed by atoms with van der Waals surface area (Å²) in [5.41, 5.74) is 0. The highest BCUT2D eigenvalue weighted by Gasteiger charge is 2.14. The van der Waals surface area contributed by atoms with Gasteiger partial charge < -0.3 is 4.74 Å². The maximum Gasteiger partial charge on any atom is 0.306 e. The highest BCUT2D eigenvalue weighted by Crippen LogP contribution is 2.18. The van der Waals surface area contributed by atoms with Crippen molar-refractivity contribution in [3.63, 3.8) is 0 Å². The lowest BCUT2D eigenvalue weighted by molar-refractivity contribution is -0.150. The van der Waals surface area contributed by atoms with Crippen LogP contribution >= 0.6 is 0 Å². The number of esters is 1. The Hall–Kier alpha value is -0.530. The average molecular weight is 397 g/mol. The number of ether oxygens (including phenoxy) is 1. The lowest BCUT2D eigenvalue weighted by atomic mass is 10.0. The molecule has 0 saturated carbocycles. The summed E-state index contributed by atoms with van der Waals surface area (Å²) in [5, 5.41) is 0. The van der Waals surface area contributed by atoms with Crippen LogP contribution < -0.4 is 0 Å². The summed E-state index contributed by atoms with van der Waals surface area (Å²) in [6.45, 7) is 6.77. The van der Waals surface area contributed by atoms with Gasteiger partial charge in [0.25, 0.3) is 0 Å². The van der Waals surface area contributed by atoms with Gasteiger partial charge in [-0.2, -0.15) is 0 Å². The van der Waals surface area contributed by atoms with Crippen molar-refractivity contribution >= 4 is 5.97 Å². The summed E-state index contributed by atoms with van der Waals surface area (Å²) in [6, 6.07) is 0. The number of carbonyl (C=O) groups is 1. The molecule has 168 valence electrons. The van der Waals surface area contributed by atoms with E-state index in [9.17, 15) is 4.79 Å². The minimum Gasteiger partial charge on any atom is -0.462 e. The van der Waals surface area contributed by atoms with Gasteiger partial charge in [-0.05, 0) is 32.1 Å². The molecule has 0 spiro atoms. The van der Waals surface area contributed by atoms with Crippen LogP contribution in [0.5, 0.6) is 0 Å². The molecule has 0 unspecified atom stereocenters. The van der Waals surface area contributed by atoms with Gasteiger partial charge >= 0.3 is 5.97 Å². The fraction of sp³-hybridized carbons (Fsp3) is 0.962. The van der Waals surface area contributed by atoms with Crippen LogP contribution in [-0.2, 0) is 9.53 Å². The second-order valence-corrected chi connectivity index (χ2v) is 8.74. The minimum absolute atomic E-state index is 0.0532. The Morgan fingerprint density at radius 2 is 0.893 bits per heavy atom. The first-order valence-electron chi connectivity index (χ1n) is 12.9. The average Bonchev–Trinajstić information content (AvgIpc) is 2.69. The Labute approximate surface area is 177 Å². The lowest BCUT2D eigenvalue weighted by Gasteiger charge is -2.18. The summed E-state index contributed by atoms with van der Waals surface area (Å²) in [5.74, 6) is 0.0532. The van der Waals surface area contributed by atoms with E-state index >= 15 is 0 Å². The van der Waals surface area contributed by atoms with Gasteiger partial charge in [-0.25, -0.2) is 0 Å². The van der Waals surface area contributed by atoms with Gasteiger partial charge in [-0.15, -0.1) is 0 Å². The van der Waals surface area contributed by atoms with Crippen LogP contribution in [0.3, 0.4) is 0 Å². The van der Waals surface area contributed by atoms with Gasteiger partial charge in [0.15, 0.2) is 0 Å². The van der Waals surface area contributed by atoms with Crippen molar-refractivity contribution in [2.24, 2.45) is 0 Å². The number of hydrogen-bond donors (Lipinski definition) is 0. The summed E-state index contributed by atoms with van der Waals surface area (Å²) in [6.07, 6.45) is 26.0. The van der Waals surface area contributed by atoms with Crippen LogP contribution in [-0.4, -0.2) is 12.1 Å². The predicted octanol–water partition coefficient (Wildman–Crippen LogP) is 9.15. The van der Waals surface area contributed by atoms with Crippen molar-refractivity contribution < 1.29 is 9.53 Å². The van der Waals surface area contributed by atoms with E-state index in [0.29, 0.717) is 6.42 Å². The molecule has 0 heterocycles. The van der Waals surface area contributed by atoms with Crippen molar-refractivity contribution in [1.82, 2.24) is 0 Å². The van der Waals surface area contributed by atoms with E-state index < -0.39 is 0 Å². The second-order valence-electron chi connectivity index (χ2n) is 8.74. The molecule has 0 aliphatic heterocycles. The van der Waals surface area contributed by atoms with Gasteiger partial charge in [0.1, 0.15) is 6.10 Å². The van der Waals surface area contributed by atoms with Gasteiger partial charge in [0.2, 0.25) is 0 Å². The zero-order valence-electron chi connectivity index (χ0n) is 19.7. The Kier molecular flexibility index (Phi) is 22.3. The maximum absolute atomic E-state index is 12.3. The molecule has 0 radical (unpaired) electrons. The molecule has 0 bridgehead atoms. The number of hydrogen-bond acceptors (Lipinski definition) is 2. The van der Waals surface area contributed by atoms with E-state index in [4.69, 9.17) is 4.74 Å². The smallest absolute Gasteiger partial charge is 0.306 e. The molecule has 0 atom stereocenters. The Morgan fingerprint density at radius 3 is 1.32 bits per heavy atom. The SMILES string of the molecule is CCCCCCCCC(=O)OC(CCCCCCCC)CCCCCCCC. The Bertz CT molecular complexity index is 298. The third kappa shape index (κ3) is 20.2. The van der Waals surface area contributed by atoms with Crippen molar-refractivity contribution in [2.75, 3.05) is 0 Å². The third-order valence-corrected chi connectivity index (χ3v) is 5.79. The number of unbranched alkanes of at least 4 members (excludes halogenated alkanes) is 15. The van der Waals surface area contributed by atoms with E-state index in [1.165, 1.54) is 109 Å². The lowest BCUT2D eigenvalue weighted by Crippen LogP contribution is -2.18. The first-order valence-corrected chi connectivity index (χ1v) is 12.9. The molecule has 0 saturated heterocycles. The first kappa shape index (κ1) is 27.5. The molecule has 0 amide bonds. The van der Waals surface area contributed by atoms with Gasteiger partial charge in [-0.1, -0.05) is 117 Å². The molecule has 0 rings (SSSR count). The molecule has 0 aromatic carbocycles. The summed E-state index contributed by atoms with van der Waals surface area (Å²) >= 11 is 0. The van der Waals surface area contributed by atoms with Crippen LogP contribution in [0.4, 0.5) is 0 Å². The second kappa shape index (κ2) is 22.8. The molecular formula is C26H52O2. The Balaban J connectivity index is 3.99. The minimum atomic E-state index is 0.0532. The molecular weight excluding hydrogens is 344 g/mol. The molecule has 0 aliphatic carbocycles. The normalized spacial score (nSPS) is 11.3. The highest BCUT2D eigenvalue weighted by molar-refractivity contribution is 5.69. The van der Waals surface area contributed by atoms with Crippen molar-refractivity contribution in [2.45, 2.75) is 162 Å². The van der Waals surface area contributed by atoms with Crippen LogP contribution in [0.15, 0.2) is 0 Å². The zero-order valence-corrected chi connectivity index (χ0v) is 19.7. The summed E-state index contributed by atoms with van der Waals surface area (Å²) in [4.78, 5) is 12.3. The van der Waals surface area contributed by atoms with E-state index in [1.807, 2.05) is 0 Å². The van der Waals surface area contributed by atoms with Gasteiger partial charge in [0.05, 0.1) is 0 Å². The third-order valence-electron chi connectivity index (χ3n) is 5.79. The van der Waals surface area contributed by atoms with E-state index in [0.717, 1.165) is 19.3 Å². The fourth-order valence-electron chi connectivity index (χ4n) is 3.86. The van der Waals surface area contributed by atoms with Crippen LogP contribution in [0, 0.1) is 0 Å². The van der Waals surface area contributed by atoms with Crippen molar-refractivity contribution in [1.29, 1.82) is 0 Å². The Morgan fingerprint density at radius 1 is 0.536 bits per heavy atom. The molecule has 0 aromatic rings. The van der Waals surface area contributed by atoms with Crippen molar-refractivity contribution in [3.8, 4) is 0 Å². The number of rotatable bonds is 22. The van der Waals surface area contributed by atoms with Crippen LogP contribution in [0.1, 0.15) is 156 Å². The fourth-order valence-corrected chi connectivity index (χ4v) is 3.86. The van der Waals surface area contributed by atoms with E-state index in [1.54, 1.807) is 0 Å².